The number of rotatable bonds is 5. The molecule has 0 aromatic heterocycles. The zero-order chi connectivity index (χ0) is 17.9. The minimum absolute atomic E-state index is 0.0157. The zero-order valence-electron chi connectivity index (χ0n) is 14.2. The van der Waals surface area contributed by atoms with E-state index in [0.717, 1.165) is 0 Å². The highest BCUT2D eigenvalue weighted by Crippen LogP contribution is 2.32. The van der Waals surface area contributed by atoms with Crippen LogP contribution in [0.5, 0.6) is 0 Å². The minimum Gasteiger partial charge on any atom is -0.324 e. The highest BCUT2D eigenvalue weighted by molar-refractivity contribution is 8.15. The Kier molecular flexibility index (Phi) is 5.99. The van der Waals surface area contributed by atoms with E-state index in [-0.39, 0.29) is 36.0 Å². The number of halogens is 1. The summed E-state index contributed by atoms with van der Waals surface area (Å²) < 4.78 is 13.6. The molecular formula is C17H22FN3O2S. The van der Waals surface area contributed by atoms with Gasteiger partial charge in [-0.2, -0.15) is 0 Å². The number of carbonyl (C=O) groups excluding carboxylic acids is 2. The van der Waals surface area contributed by atoms with E-state index in [9.17, 15) is 14.0 Å². The first-order chi connectivity index (χ1) is 11.3. The number of amidine groups is 1. The quantitative estimate of drug-likeness (QED) is 0.886. The maximum Gasteiger partial charge on any atom is 0.242 e. The van der Waals surface area contributed by atoms with Crippen molar-refractivity contribution < 1.29 is 14.0 Å². The first kappa shape index (κ1) is 18.4. The van der Waals surface area contributed by atoms with Crippen LogP contribution in [0.4, 0.5) is 10.1 Å². The van der Waals surface area contributed by atoms with E-state index in [2.05, 4.69) is 10.3 Å². The van der Waals surface area contributed by atoms with Crippen molar-refractivity contribution in [1.29, 1.82) is 0 Å². The maximum absolute atomic E-state index is 13.6. The molecule has 1 heterocycles. The van der Waals surface area contributed by atoms with Gasteiger partial charge < -0.3 is 5.32 Å². The molecule has 1 fully saturated rings. The summed E-state index contributed by atoms with van der Waals surface area (Å²) in [5.41, 5.74) is 0.120. The highest BCUT2D eigenvalue weighted by atomic mass is 32.2. The first-order valence-corrected chi connectivity index (χ1v) is 8.79. The van der Waals surface area contributed by atoms with E-state index in [1.54, 1.807) is 17.0 Å². The summed E-state index contributed by atoms with van der Waals surface area (Å²) in [5.74, 6) is -1.01. The van der Waals surface area contributed by atoms with Crippen LogP contribution in [0.1, 0.15) is 34.1 Å². The molecule has 0 bridgehead atoms. The number of carbonyl (C=O) groups is 2. The molecule has 1 aromatic carbocycles. The van der Waals surface area contributed by atoms with Crippen LogP contribution in [0.2, 0.25) is 0 Å². The van der Waals surface area contributed by atoms with Gasteiger partial charge in [-0.3, -0.25) is 19.5 Å². The molecule has 1 unspecified atom stereocenters. The van der Waals surface area contributed by atoms with Crippen molar-refractivity contribution in [2.45, 2.75) is 51.4 Å². The molecule has 0 spiro atoms. The average Bonchev–Trinajstić information content (AvgIpc) is 2.76. The van der Waals surface area contributed by atoms with Crippen LogP contribution in [0, 0.1) is 5.82 Å². The summed E-state index contributed by atoms with van der Waals surface area (Å²) in [6.45, 7) is 7.70. The molecule has 1 N–H and O–H groups in total. The lowest BCUT2D eigenvalue weighted by molar-refractivity contribution is -0.129. The van der Waals surface area contributed by atoms with Crippen LogP contribution >= 0.6 is 11.8 Å². The van der Waals surface area contributed by atoms with E-state index in [0.29, 0.717) is 5.17 Å². The zero-order valence-corrected chi connectivity index (χ0v) is 15.1. The Morgan fingerprint density at radius 2 is 2.00 bits per heavy atom. The number of thioether (sulfide) groups is 1. The van der Waals surface area contributed by atoms with Gasteiger partial charge in [-0.15, -0.1) is 0 Å². The number of nitrogens with one attached hydrogen (secondary N) is 1. The Balaban J connectivity index is 2.08. The number of aliphatic imine (C=N–C) groups is 1. The SMILES string of the molecule is CC(C)N=C1SC(CC(=O)Nc2ccccc2F)C(=O)N1C(C)C. The fourth-order valence-corrected chi connectivity index (χ4v) is 3.72. The van der Waals surface area contributed by atoms with Crippen LogP contribution < -0.4 is 5.32 Å². The second kappa shape index (κ2) is 7.79. The number of hydrogen-bond donors (Lipinski definition) is 1. The second-order valence-corrected chi connectivity index (χ2v) is 7.32. The number of hydrogen-bond acceptors (Lipinski definition) is 4. The van der Waals surface area contributed by atoms with E-state index >= 15 is 0 Å². The molecule has 130 valence electrons. The van der Waals surface area contributed by atoms with Crippen molar-refractivity contribution >= 4 is 34.4 Å². The normalized spacial score (nSPS) is 19.6. The van der Waals surface area contributed by atoms with Gasteiger partial charge >= 0.3 is 0 Å². The van der Waals surface area contributed by atoms with E-state index < -0.39 is 11.1 Å². The van der Waals surface area contributed by atoms with Crippen molar-refractivity contribution in [2.24, 2.45) is 4.99 Å². The third kappa shape index (κ3) is 4.35. The molecule has 5 nitrogen and oxygen atoms in total. The Labute approximate surface area is 145 Å². The molecular weight excluding hydrogens is 329 g/mol. The standard InChI is InChI=1S/C17H22FN3O2S/c1-10(2)19-17-21(11(3)4)16(23)14(24-17)9-15(22)20-13-8-6-5-7-12(13)18/h5-8,10-11,14H,9H2,1-4H3,(H,20,22). The molecule has 0 saturated carbocycles. The average molecular weight is 351 g/mol. The Morgan fingerprint density at radius 3 is 2.58 bits per heavy atom. The van der Waals surface area contributed by atoms with Crippen LogP contribution in [-0.4, -0.2) is 39.2 Å². The molecule has 24 heavy (non-hydrogen) atoms. The largest absolute Gasteiger partial charge is 0.324 e. The van der Waals surface area contributed by atoms with Crippen molar-refractivity contribution in [2.75, 3.05) is 5.32 Å². The summed E-state index contributed by atoms with van der Waals surface area (Å²) in [5, 5.41) is 2.64. The molecule has 0 radical (unpaired) electrons. The predicted octanol–water partition coefficient (Wildman–Crippen LogP) is 3.27. The van der Waals surface area contributed by atoms with Gasteiger partial charge in [0.2, 0.25) is 11.8 Å². The number of para-hydroxylation sites is 1. The van der Waals surface area contributed by atoms with Crippen molar-refractivity contribution in [3.63, 3.8) is 0 Å². The van der Waals surface area contributed by atoms with Gasteiger partial charge in [0.1, 0.15) is 11.1 Å². The molecule has 0 aliphatic carbocycles. The molecule has 1 aliphatic rings. The van der Waals surface area contributed by atoms with Gasteiger partial charge in [0, 0.05) is 18.5 Å². The lowest BCUT2D eigenvalue weighted by atomic mass is 10.2. The maximum atomic E-state index is 13.6. The predicted molar refractivity (Wildman–Crippen MR) is 95.6 cm³/mol. The monoisotopic (exact) mass is 351 g/mol. The summed E-state index contributed by atoms with van der Waals surface area (Å²) in [7, 11) is 0. The smallest absolute Gasteiger partial charge is 0.242 e. The van der Waals surface area contributed by atoms with Gasteiger partial charge in [0.25, 0.3) is 0 Å². The summed E-state index contributed by atoms with van der Waals surface area (Å²) >= 11 is 1.30. The molecule has 7 heteroatoms. The van der Waals surface area contributed by atoms with Gasteiger partial charge in [-0.25, -0.2) is 4.39 Å². The van der Waals surface area contributed by atoms with Gasteiger partial charge in [0.15, 0.2) is 5.17 Å². The van der Waals surface area contributed by atoms with Gasteiger partial charge in [-0.05, 0) is 39.8 Å². The topological polar surface area (TPSA) is 61.8 Å². The van der Waals surface area contributed by atoms with Crippen molar-refractivity contribution in [3.05, 3.63) is 30.1 Å². The summed E-state index contributed by atoms with van der Waals surface area (Å²) in [4.78, 5) is 30.8. The highest BCUT2D eigenvalue weighted by Gasteiger charge is 2.40. The Bertz CT molecular complexity index is 661. The molecule has 1 aliphatic heterocycles. The van der Waals surface area contributed by atoms with Crippen molar-refractivity contribution in [1.82, 2.24) is 4.90 Å². The fourth-order valence-electron chi connectivity index (χ4n) is 2.33. The molecule has 2 rings (SSSR count). The third-order valence-corrected chi connectivity index (χ3v) is 4.54. The van der Waals surface area contributed by atoms with Crippen LogP contribution in [-0.2, 0) is 9.59 Å². The van der Waals surface area contributed by atoms with E-state index in [1.807, 2.05) is 27.7 Å². The van der Waals surface area contributed by atoms with Crippen LogP contribution in [0.15, 0.2) is 29.3 Å². The molecule has 2 amide bonds. The van der Waals surface area contributed by atoms with E-state index in [1.165, 1.54) is 23.9 Å². The lowest BCUT2D eigenvalue weighted by Gasteiger charge is -2.21. The lowest BCUT2D eigenvalue weighted by Crippen LogP contribution is -2.38. The summed E-state index contributed by atoms with van der Waals surface area (Å²) in [6, 6.07) is 6.00. The number of anilines is 1. The molecule has 1 saturated heterocycles. The Morgan fingerprint density at radius 1 is 1.33 bits per heavy atom. The fraction of sp³-hybridized carbons (Fsp3) is 0.471. The van der Waals surface area contributed by atoms with Crippen LogP contribution in [0.25, 0.3) is 0 Å². The molecule has 1 aromatic rings. The second-order valence-electron chi connectivity index (χ2n) is 6.15. The van der Waals surface area contributed by atoms with Crippen molar-refractivity contribution in [3.8, 4) is 0 Å². The minimum atomic E-state index is -0.531. The number of amides is 2. The summed E-state index contributed by atoms with van der Waals surface area (Å²) in [6.07, 6.45) is -0.0157. The molecule has 1 atom stereocenters. The van der Waals surface area contributed by atoms with Gasteiger partial charge in [0.05, 0.1) is 5.69 Å². The Hall–Kier alpha value is -1.89. The first-order valence-electron chi connectivity index (χ1n) is 7.91. The van der Waals surface area contributed by atoms with E-state index in [4.69, 9.17) is 0 Å². The van der Waals surface area contributed by atoms with Gasteiger partial charge in [-0.1, -0.05) is 23.9 Å². The van der Waals surface area contributed by atoms with Crippen LogP contribution in [0.3, 0.4) is 0 Å². The number of nitrogens with zero attached hydrogens (tertiary/aromatic N) is 2. The number of benzene rings is 1. The third-order valence-electron chi connectivity index (χ3n) is 3.37.